The molecule has 0 aliphatic carbocycles. The van der Waals surface area contributed by atoms with E-state index in [1.54, 1.807) is 6.20 Å². The maximum atomic E-state index is 5.78. The van der Waals surface area contributed by atoms with Gasteiger partial charge in [0.25, 0.3) is 5.89 Å². The van der Waals surface area contributed by atoms with Gasteiger partial charge in [0, 0.05) is 16.7 Å². The Balaban J connectivity index is 1.70. The first-order valence-corrected chi connectivity index (χ1v) is 7.90. The van der Waals surface area contributed by atoms with Crippen molar-refractivity contribution in [1.29, 1.82) is 0 Å². The summed E-state index contributed by atoms with van der Waals surface area (Å²) in [6.45, 7) is 4.17. The molecule has 6 heteroatoms. The van der Waals surface area contributed by atoms with Crippen LogP contribution < -0.4 is 0 Å². The summed E-state index contributed by atoms with van der Waals surface area (Å²) >= 11 is 0. The van der Waals surface area contributed by atoms with Crippen LogP contribution in [0, 0.1) is 0 Å². The van der Waals surface area contributed by atoms with Gasteiger partial charge < -0.3 is 9.26 Å². The SMILES string of the molecule is C[C@@H]1CC(c2noc(-c3nncc4ccccc34)n2)C[C@H](C)O1. The molecule has 1 unspecified atom stereocenters. The Morgan fingerprint density at radius 1 is 1.09 bits per heavy atom. The first-order valence-electron chi connectivity index (χ1n) is 7.90. The summed E-state index contributed by atoms with van der Waals surface area (Å²) in [5, 5.41) is 14.4. The van der Waals surface area contributed by atoms with Gasteiger partial charge in [0.2, 0.25) is 0 Å². The van der Waals surface area contributed by atoms with Crippen LogP contribution in [0.4, 0.5) is 0 Å². The molecule has 118 valence electrons. The Labute approximate surface area is 133 Å². The van der Waals surface area contributed by atoms with E-state index in [2.05, 4.69) is 34.2 Å². The van der Waals surface area contributed by atoms with Crippen LogP contribution in [0.5, 0.6) is 0 Å². The average molecular weight is 310 g/mol. The van der Waals surface area contributed by atoms with Crippen LogP contribution in [0.15, 0.2) is 35.0 Å². The van der Waals surface area contributed by atoms with E-state index < -0.39 is 0 Å². The Morgan fingerprint density at radius 2 is 1.87 bits per heavy atom. The number of benzene rings is 1. The fourth-order valence-corrected chi connectivity index (χ4v) is 3.30. The van der Waals surface area contributed by atoms with Gasteiger partial charge in [-0.2, -0.15) is 10.1 Å². The molecule has 0 spiro atoms. The minimum Gasteiger partial charge on any atom is -0.376 e. The van der Waals surface area contributed by atoms with Gasteiger partial charge >= 0.3 is 0 Å². The van der Waals surface area contributed by atoms with Crippen LogP contribution in [0.1, 0.15) is 38.4 Å². The molecule has 6 nitrogen and oxygen atoms in total. The quantitative estimate of drug-likeness (QED) is 0.722. The van der Waals surface area contributed by atoms with E-state index in [1.807, 2.05) is 24.3 Å². The fourth-order valence-electron chi connectivity index (χ4n) is 3.30. The van der Waals surface area contributed by atoms with Crippen LogP contribution >= 0.6 is 0 Å². The number of ether oxygens (including phenoxy) is 1. The third kappa shape index (κ3) is 2.70. The molecule has 1 fully saturated rings. The van der Waals surface area contributed by atoms with Crippen LogP contribution in [0.25, 0.3) is 22.4 Å². The molecule has 1 aromatic carbocycles. The average Bonchev–Trinajstić information content (AvgIpc) is 3.03. The second-order valence-corrected chi connectivity index (χ2v) is 6.16. The first-order chi connectivity index (χ1) is 11.2. The molecule has 0 saturated carbocycles. The highest BCUT2D eigenvalue weighted by molar-refractivity contribution is 5.91. The third-order valence-electron chi connectivity index (χ3n) is 4.28. The van der Waals surface area contributed by atoms with Crippen molar-refractivity contribution in [2.45, 2.75) is 44.8 Å². The number of fused-ring (bicyclic) bond motifs is 1. The lowest BCUT2D eigenvalue weighted by Crippen LogP contribution is -2.28. The Morgan fingerprint density at radius 3 is 2.70 bits per heavy atom. The summed E-state index contributed by atoms with van der Waals surface area (Å²) in [6.07, 6.45) is 3.97. The summed E-state index contributed by atoms with van der Waals surface area (Å²) in [7, 11) is 0. The van der Waals surface area contributed by atoms with Crippen molar-refractivity contribution in [2.24, 2.45) is 0 Å². The maximum absolute atomic E-state index is 5.78. The van der Waals surface area contributed by atoms with E-state index in [4.69, 9.17) is 9.26 Å². The fraction of sp³-hybridized carbons (Fsp3) is 0.412. The molecule has 3 heterocycles. The van der Waals surface area contributed by atoms with Crippen molar-refractivity contribution in [1.82, 2.24) is 20.3 Å². The van der Waals surface area contributed by atoms with Gasteiger partial charge in [-0.1, -0.05) is 29.4 Å². The van der Waals surface area contributed by atoms with Gasteiger partial charge in [0.1, 0.15) is 0 Å². The predicted octanol–water partition coefficient (Wildman–Crippen LogP) is 3.35. The molecule has 1 saturated heterocycles. The van der Waals surface area contributed by atoms with Crippen LogP contribution in [0.3, 0.4) is 0 Å². The Kier molecular flexibility index (Phi) is 3.53. The number of aromatic nitrogens is 4. The molecule has 3 aromatic rings. The molecule has 0 amide bonds. The van der Waals surface area contributed by atoms with Crippen molar-refractivity contribution >= 4 is 10.8 Å². The largest absolute Gasteiger partial charge is 0.376 e. The highest BCUT2D eigenvalue weighted by Crippen LogP contribution is 2.33. The molecular formula is C17H18N4O2. The molecule has 0 N–H and O–H groups in total. The third-order valence-corrected chi connectivity index (χ3v) is 4.28. The van der Waals surface area contributed by atoms with Gasteiger partial charge in [-0.3, -0.25) is 0 Å². The molecule has 4 rings (SSSR count). The molecule has 1 aliphatic rings. The minimum atomic E-state index is 0.211. The highest BCUT2D eigenvalue weighted by atomic mass is 16.5. The van der Waals surface area contributed by atoms with Crippen molar-refractivity contribution in [2.75, 3.05) is 0 Å². The van der Waals surface area contributed by atoms with Gasteiger partial charge in [-0.15, -0.1) is 5.10 Å². The second-order valence-electron chi connectivity index (χ2n) is 6.16. The van der Waals surface area contributed by atoms with Crippen LogP contribution in [-0.4, -0.2) is 32.5 Å². The zero-order chi connectivity index (χ0) is 15.8. The van der Waals surface area contributed by atoms with Crippen molar-refractivity contribution in [3.63, 3.8) is 0 Å². The smallest absolute Gasteiger partial charge is 0.279 e. The summed E-state index contributed by atoms with van der Waals surface area (Å²) < 4.78 is 11.3. The minimum absolute atomic E-state index is 0.211. The van der Waals surface area contributed by atoms with Crippen molar-refractivity contribution in [3.8, 4) is 11.6 Å². The number of hydrogen-bond acceptors (Lipinski definition) is 6. The summed E-state index contributed by atoms with van der Waals surface area (Å²) in [4.78, 5) is 4.59. The normalized spacial score (nSPS) is 24.9. The summed E-state index contributed by atoms with van der Waals surface area (Å²) in [5.41, 5.74) is 0.634. The first kappa shape index (κ1) is 14.3. The summed E-state index contributed by atoms with van der Waals surface area (Å²) in [5.74, 6) is 1.42. The molecular weight excluding hydrogens is 292 g/mol. The van der Waals surface area contributed by atoms with Crippen LogP contribution in [0.2, 0.25) is 0 Å². The topological polar surface area (TPSA) is 73.9 Å². The monoisotopic (exact) mass is 310 g/mol. The van der Waals surface area contributed by atoms with Gasteiger partial charge in [-0.25, -0.2) is 0 Å². The van der Waals surface area contributed by atoms with Gasteiger partial charge in [0.05, 0.1) is 18.4 Å². The molecule has 2 aromatic heterocycles. The van der Waals surface area contributed by atoms with E-state index in [1.165, 1.54) is 0 Å². The maximum Gasteiger partial charge on any atom is 0.279 e. The van der Waals surface area contributed by atoms with E-state index in [9.17, 15) is 0 Å². The van der Waals surface area contributed by atoms with E-state index in [-0.39, 0.29) is 18.1 Å². The lowest BCUT2D eigenvalue weighted by molar-refractivity contribution is -0.0393. The zero-order valence-corrected chi connectivity index (χ0v) is 13.1. The van der Waals surface area contributed by atoms with E-state index >= 15 is 0 Å². The molecule has 0 bridgehead atoms. The van der Waals surface area contributed by atoms with E-state index in [0.29, 0.717) is 11.6 Å². The van der Waals surface area contributed by atoms with Gasteiger partial charge in [0.15, 0.2) is 11.5 Å². The Hall–Kier alpha value is -2.34. The predicted molar refractivity (Wildman–Crippen MR) is 84.8 cm³/mol. The van der Waals surface area contributed by atoms with Crippen molar-refractivity contribution in [3.05, 3.63) is 36.3 Å². The molecule has 3 atom stereocenters. The number of hydrogen-bond donors (Lipinski definition) is 0. The molecule has 1 aliphatic heterocycles. The molecule has 23 heavy (non-hydrogen) atoms. The highest BCUT2D eigenvalue weighted by Gasteiger charge is 2.29. The lowest BCUT2D eigenvalue weighted by Gasteiger charge is -2.30. The second kappa shape index (κ2) is 5.70. The lowest BCUT2D eigenvalue weighted by atomic mass is 9.92. The van der Waals surface area contributed by atoms with Crippen molar-refractivity contribution < 1.29 is 9.26 Å². The van der Waals surface area contributed by atoms with E-state index in [0.717, 1.165) is 29.4 Å². The van der Waals surface area contributed by atoms with Crippen LogP contribution in [-0.2, 0) is 4.74 Å². The number of nitrogens with zero attached hydrogens (tertiary/aromatic N) is 4. The molecule has 0 radical (unpaired) electrons. The number of rotatable bonds is 2. The summed E-state index contributed by atoms with van der Waals surface area (Å²) in [6, 6.07) is 7.92. The zero-order valence-electron chi connectivity index (χ0n) is 13.1. The Bertz CT molecular complexity index is 817. The van der Waals surface area contributed by atoms with Gasteiger partial charge in [-0.05, 0) is 26.7 Å². The standard InChI is InChI=1S/C17H18N4O2/c1-10-7-13(8-11(2)22-10)16-19-17(23-21-16)15-14-6-4-3-5-12(14)9-18-20-15/h3-6,9-11,13H,7-8H2,1-2H3/t10-,11+,13?.